The molecule has 0 fully saturated rings. The number of hydrogen-bond acceptors (Lipinski definition) is 12. The molecule has 2 heterocycles. The van der Waals surface area contributed by atoms with Crippen LogP contribution in [-0.2, 0) is 66.7 Å². The molecule has 0 radical (unpaired) electrons. The summed E-state index contributed by atoms with van der Waals surface area (Å²) in [7, 11) is -25.0. The van der Waals surface area contributed by atoms with Crippen LogP contribution < -0.4 is 10.7 Å². The summed E-state index contributed by atoms with van der Waals surface area (Å²) in [6.45, 7) is 2.56. The maximum absolute atomic E-state index is 13.9. The van der Waals surface area contributed by atoms with Crippen molar-refractivity contribution in [1.82, 2.24) is 9.88 Å². The first-order chi connectivity index (χ1) is 30.5. The lowest BCUT2D eigenvalue weighted by atomic mass is 9.71. The molecule has 1 amide bonds. The van der Waals surface area contributed by atoms with E-state index in [-0.39, 0.29) is 79.0 Å². The van der Waals surface area contributed by atoms with Gasteiger partial charge in [-0.2, -0.15) is 46.7 Å². The number of carbonyl (C=O) groups excluding carboxylic acids is 1. The molecule has 1 atom stereocenters. The van der Waals surface area contributed by atoms with Crippen LogP contribution >= 0.6 is 0 Å². The van der Waals surface area contributed by atoms with Crippen LogP contribution in [0.5, 0.6) is 0 Å². The number of carbonyl (C=O) groups is 2. The highest BCUT2D eigenvalue weighted by Gasteiger charge is 2.49. The van der Waals surface area contributed by atoms with E-state index in [0.29, 0.717) is 12.1 Å². The van der Waals surface area contributed by atoms with Crippen molar-refractivity contribution < 1.29 is 84.1 Å². The highest BCUT2D eigenvalue weighted by molar-refractivity contribution is 7.87. The summed E-state index contributed by atoms with van der Waals surface area (Å²) in [5.74, 6) is -3.78. The third kappa shape index (κ3) is 8.59. The number of hydrogen-bond donors (Lipinski definition) is 7. The first kappa shape index (κ1) is 48.3. The molecule has 66 heavy (non-hydrogen) atoms. The van der Waals surface area contributed by atoms with Gasteiger partial charge in [0.25, 0.3) is 40.5 Å². The Morgan fingerprint density at radius 2 is 1.29 bits per heavy atom. The van der Waals surface area contributed by atoms with Gasteiger partial charge >= 0.3 is 16.1 Å². The molecule has 0 spiro atoms. The summed E-state index contributed by atoms with van der Waals surface area (Å²) in [4.78, 5) is 23.9. The Labute approximate surface area is 376 Å². The van der Waals surface area contributed by atoms with Gasteiger partial charge in [0.15, 0.2) is 10.3 Å². The molecule has 1 unspecified atom stereocenters. The van der Waals surface area contributed by atoms with Gasteiger partial charge in [0.2, 0.25) is 17.3 Å². The molecule has 0 saturated carbocycles. The van der Waals surface area contributed by atoms with Crippen molar-refractivity contribution in [2.24, 2.45) is 5.41 Å². The van der Waals surface area contributed by atoms with E-state index in [1.807, 2.05) is 0 Å². The number of aliphatic carboxylic acids is 1. The van der Waals surface area contributed by atoms with E-state index >= 15 is 0 Å². The van der Waals surface area contributed by atoms with Gasteiger partial charge in [0.1, 0.15) is 21.2 Å². The predicted octanol–water partition coefficient (Wildman–Crippen LogP) is 2.90. The highest BCUT2D eigenvalue weighted by atomic mass is 32.2. The Morgan fingerprint density at radius 1 is 0.727 bits per heavy atom. The lowest BCUT2D eigenvalue weighted by molar-refractivity contribution is -0.433. The quantitative estimate of drug-likeness (QED) is 0.0478. The SMILES string of the molecule is CCn1/c(=C/C=C2C=C(/C=C/C3=[N+](CC)c4c(S(=O)(=O)O)cc(S(=O)(=O)O)c5cccc3c45)CC(C(=O)O)(C(=O)NCCS(=O)(=O)O)C/2)c2cccc3c(S(=O)(=O)O)cc(S(=O)(=O)O)c1c32. The van der Waals surface area contributed by atoms with Crippen LogP contribution in [0, 0.1) is 5.41 Å². The lowest BCUT2D eigenvalue weighted by Gasteiger charge is -2.32. The summed E-state index contributed by atoms with van der Waals surface area (Å²) in [5, 5.41) is 13.3. The highest BCUT2D eigenvalue weighted by Crippen LogP contribution is 2.45. The monoisotopic (exact) mass is 1010 g/mol. The van der Waals surface area contributed by atoms with E-state index < -0.39 is 113 Å². The fourth-order valence-electron chi connectivity index (χ4n) is 8.69. The molecule has 0 saturated heterocycles. The average Bonchev–Trinajstić information content (AvgIpc) is 3.70. The van der Waals surface area contributed by atoms with Crippen molar-refractivity contribution in [3.63, 3.8) is 0 Å². The van der Waals surface area contributed by atoms with Gasteiger partial charge in [-0.25, -0.2) is 0 Å². The Bertz CT molecular complexity index is 3780. The Morgan fingerprint density at radius 3 is 1.83 bits per heavy atom. The van der Waals surface area contributed by atoms with Crippen LogP contribution in [0.3, 0.4) is 0 Å². The third-order valence-electron chi connectivity index (χ3n) is 11.3. The molecule has 1 aromatic heterocycles. The van der Waals surface area contributed by atoms with Crippen LogP contribution in [0.2, 0.25) is 0 Å². The van der Waals surface area contributed by atoms with Crippen molar-refractivity contribution in [3.8, 4) is 0 Å². The molecule has 4 aromatic carbocycles. The molecule has 21 nitrogen and oxygen atoms in total. The van der Waals surface area contributed by atoms with Crippen molar-refractivity contribution in [3.05, 3.63) is 94.9 Å². The van der Waals surface area contributed by atoms with Gasteiger partial charge in [0, 0.05) is 46.1 Å². The van der Waals surface area contributed by atoms with Gasteiger partial charge in [-0.3, -0.25) is 32.4 Å². The van der Waals surface area contributed by atoms with Gasteiger partial charge in [-0.05, 0) is 62.1 Å². The molecular weight excluding hydrogens is 971 g/mol. The number of aryl methyl sites for hydroxylation is 1. The fourth-order valence-corrected chi connectivity index (χ4v) is 12.1. The van der Waals surface area contributed by atoms with E-state index in [2.05, 4.69) is 5.32 Å². The number of nitrogens with zero attached hydrogens (tertiary/aromatic N) is 2. The number of carboxylic acid groups (broad SMARTS) is 1. The summed E-state index contributed by atoms with van der Waals surface area (Å²) < 4.78 is 176. The summed E-state index contributed by atoms with van der Waals surface area (Å²) in [6.07, 6.45) is 6.03. The zero-order valence-electron chi connectivity index (χ0n) is 34.3. The standard InChI is InChI=1S/C40H37N3O18S5/c1-3-42-28(24-7-5-9-26-30(63(50,51)52)18-32(65(56,57)58)36(42)34(24)26)13-11-22-17-23(21-40(20-22,39(45)46)38(44)41-15-16-62(47,48)49)12-14-29-25-8-6-10-27-31(64(53,54)55)19-33(66(59,60)61)37(35(25)27)43(29)4-2/h5-14,17-19H,3-4,15-16,20-21H2,1-2H3,(H6-,41,44,45,46,47,48,49,50,51,52,53,54,55,56,57,58,59,60,61)/p+1. The average molecular weight is 1010 g/mol. The lowest BCUT2D eigenvalue weighted by Crippen LogP contribution is -2.49. The van der Waals surface area contributed by atoms with Crippen LogP contribution in [-0.4, -0.2) is 116 Å². The number of benzene rings is 4. The Kier molecular flexibility index (Phi) is 12.1. The second-order valence-electron chi connectivity index (χ2n) is 15.3. The Hall–Kier alpha value is -5.68. The van der Waals surface area contributed by atoms with E-state index in [1.54, 1.807) is 13.8 Å². The molecule has 5 aromatic rings. The van der Waals surface area contributed by atoms with Crippen molar-refractivity contribution >= 4 is 112 Å². The van der Waals surface area contributed by atoms with E-state index in [9.17, 15) is 79.5 Å². The summed E-state index contributed by atoms with van der Waals surface area (Å²) >= 11 is 0. The minimum absolute atomic E-state index is 0.0122. The minimum atomic E-state index is -5.14. The Balaban J connectivity index is 1.47. The fraction of sp³-hybridized carbons (Fsp3) is 0.225. The van der Waals surface area contributed by atoms with Crippen molar-refractivity contribution in [1.29, 1.82) is 0 Å². The zero-order valence-corrected chi connectivity index (χ0v) is 38.3. The summed E-state index contributed by atoms with van der Waals surface area (Å²) in [6, 6.07) is 9.75. The molecule has 1 aliphatic carbocycles. The summed E-state index contributed by atoms with van der Waals surface area (Å²) in [5.41, 5.74) is -1.92. The van der Waals surface area contributed by atoms with E-state index in [1.165, 1.54) is 75.9 Å². The van der Waals surface area contributed by atoms with Crippen LogP contribution in [0.4, 0.5) is 5.69 Å². The van der Waals surface area contributed by atoms with Crippen LogP contribution in [0.25, 0.3) is 38.5 Å². The molecule has 0 bridgehead atoms. The normalized spacial score (nSPS) is 18.4. The first-order valence-corrected chi connectivity index (χ1v) is 26.7. The molecule has 2 aliphatic rings. The molecule has 26 heteroatoms. The zero-order chi connectivity index (χ0) is 48.7. The third-order valence-corrected chi connectivity index (χ3v) is 15.6. The number of aromatic nitrogens is 1. The number of allylic oxidation sites excluding steroid dienone is 6. The van der Waals surface area contributed by atoms with Crippen LogP contribution in [0.15, 0.2) is 104 Å². The maximum atomic E-state index is 13.9. The molecule has 350 valence electrons. The second kappa shape index (κ2) is 16.6. The minimum Gasteiger partial charge on any atom is -0.480 e. The molecule has 7 N–H and O–H groups in total. The molecule has 7 rings (SSSR count). The van der Waals surface area contributed by atoms with E-state index in [0.717, 1.165) is 0 Å². The molecule has 1 aliphatic heterocycles. The molecular formula is C40H38N3O18S5+. The number of rotatable bonds is 14. The number of amides is 1. The number of nitrogens with one attached hydrogen (secondary N) is 1. The smallest absolute Gasteiger partial charge is 0.319 e. The number of carboxylic acids is 1. The topological polar surface area (TPSA) is 346 Å². The largest absolute Gasteiger partial charge is 0.480 e. The first-order valence-electron chi connectivity index (χ1n) is 19.3. The van der Waals surface area contributed by atoms with Gasteiger partial charge in [0.05, 0.1) is 22.2 Å². The van der Waals surface area contributed by atoms with Crippen molar-refractivity contribution in [2.75, 3.05) is 18.8 Å². The van der Waals surface area contributed by atoms with Crippen LogP contribution in [0.1, 0.15) is 32.3 Å². The van der Waals surface area contributed by atoms with E-state index in [4.69, 9.17) is 0 Å². The van der Waals surface area contributed by atoms with Crippen molar-refractivity contribution in [2.45, 2.75) is 52.8 Å². The maximum Gasteiger partial charge on any atom is 0.319 e. The van der Waals surface area contributed by atoms with Gasteiger partial charge in [-0.15, -0.1) is 0 Å². The predicted molar refractivity (Wildman–Crippen MR) is 237 cm³/mol. The second-order valence-corrected chi connectivity index (χ2v) is 22.4. The van der Waals surface area contributed by atoms with Gasteiger partial charge in [-0.1, -0.05) is 48.6 Å². The van der Waals surface area contributed by atoms with Gasteiger partial charge < -0.3 is 15.0 Å².